The van der Waals surface area contributed by atoms with E-state index in [0.717, 1.165) is 18.0 Å². The van der Waals surface area contributed by atoms with Crippen molar-refractivity contribution in [2.45, 2.75) is 45.7 Å². The molecule has 0 radical (unpaired) electrons. The second-order valence-corrected chi connectivity index (χ2v) is 6.61. The van der Waals surface area contributed by atoms with Gasteiger partial charge in [0.05, 0.1) is 0 Å². The highest BCUT2D eigenvalue weighted by molar-refractivity contribution is 6.30. The van der Waals surface area contributed by atoms with Crippen LogP contribution in [0.25, 0.3) is 0 Å². The molecule has 2 atom stereocenters. The monoisotopic (exact) mass is 296 g/mol. The van der Waals surface area contributed by atoms with Gasteiger partial charge in [0.1, 0.15) is 0 Å². The van der Waals surface area contributed by atoms with E-state index in [-0.39, 0.29) is 0 Å². The van der Waals surface area contributed by atoms with Gasteiger partial charge in [0.25, 0.3) is 0 Å². The first-order chi connectivity index (χ1) is 9.43. The molecular formula is C17H29ClN2. The van der Waals surface area contributed by atoms with Gasteiger partial charge in [-0.15, -0.1) is 0 Å². The van der Waals surface area contributed by atoms with Gasteiger partial charge in [0.2, 0.25) is 0 Å². The maximum atomic E-state index is 5.99. The van der Waals surface area contributed by atoms with E-state index in [1.807, 2.05) is 12.1 Å². The van der Waals surface area contributed by atoms with Crippen LogP contribution in [0.3, 0.4) is 0 Å². The van der Waals surface area contributed by atoms with Gasteiger partial charge < -0.3 is 10.2 Å². The number of nitrogens with zero attached hydrogens (tertiary/aromatic N) is 1. The van der Waals surface area contributed by atoms with Crippen LogP contribution in [-0.4, -0.2) is 31.6 Å². The Kier molecular flexibility index (Phi) is 7.57. The number of benzene rings is 1. The van der Waals surface area contributed by atoms with Crippen LogP contribution in [0, 0.1) is 5.92 Å². The van der Waals surface area contributed by atoms with Crippen LogP contribution in [0.5, 0.6) is 0 Å². The van der Waals surface area contributed by atoms with Crippen molar-refractivity contribution in [3.8, 4) is 0 Å². The van der Waals surface area contributed by atoms with Crippen molar-refractivity contribution in [2.24, 2.45) is 5.92 Å². The standard InChI is InChI=1S/C17H29ClN2/c1-6-7-16(14-8-10-15(18)11-9-14)19-17(13(2)3)12-20(4)5/h8-11,13,16-17,19H,6-7,12H2,1-5H3. The minimum atomic E-state index is 0.407. The zero-order chi connectivity index (χ0) is 15.1. The summed E-state index contributed by atoms with van der Waals surface area (Å²) in [4.78, 5) is 2.25. The van der Waals surface area contributed by atoms with E-state index in [1.54, 1.807) is 0 Å². The van der Waals surface area contributed by atoms with Crippen LogP contribution in [0.15, 0.2) is 24.3 Å². The van der Waals surface area contributed by atoms with E-state index in [1.165, 1.54) is 12.0 Å². The predicted molar refractivity (Wildman–Crippen MR) is 89.4 cm³/mol. The highest BCUT2D eigenvalue weighted by Gasteiger charge is 2.19. The van der Waals surface area contributed by atoms with Crippen molar-refractivity contribution in [3.05, 3.63) is 34.9 Å². The van der Waals surface area contributed by atoms with Crippen LogP contribution in [0.1, 0.15) is 45.2 Å². The third kappa shape index (κ3) is 5.82. The summed E-state index contributed by atoms with van der Waals surface area (Å²) in [6.45, 7) is 7.87. The maximum Gasteiger partial charge on any atom is 0.0406 e. The van der Waals surface area contributed by atoms with Crippen LogP contribution in [0.2, 0.25) is 5.02 Å². The van der Waals surface area contributed by atoms with Gasteiger partial charge in [-0.05, 0) is 44.1 Å². The molecule has 0 heterocycles. The first-order valence-electron chi connectivity index (χ1n) is 7.60. The van der Waals surface area contributed by atoms with E-state index >= 15 is 0 Å². The first kappa shape index (κ1) is 17.5. The van der Waals surface area contributed by atoms with Crippen molar-refractivity contribution >= 4 is 11.6 Å². The highest BCUT2D eigenvalue weighted by atomic mass is 35.5. The molecule has 0 amide bonds. The Labute approximate surface area is 129 Å². The number of nitrogens with one attached hydrogen (secondary N) is 1. The molecule has 0 saturated carbocycles. The van der Waals surface area contributed by atoms with Gasteiger partial charge in [0.15, 0.2) is 0 Å². The number of rotatable bonds is 8. The lowest BCUT2D eigenvalue weighted by Gasteiger charge is -2.31. The minimum absolute atomic E-state index is 0.407. The summed E-state index contributed by atoms with van der Waals surface area (Å²) in [5.74, 6) is 0.615. The summed E-state index contributed by atoms with van der Waals surface area (Å²) in [5.41, 5.74) is 1.33. The summed E-state index contributed by atoms with van der Waals surface area (Å²) in [5, 5.41) is 4.64. The van der Waals surface area contributed by atoms with E-state index in [9.17, 15) is 0 Å². The summed E-state index contributed by atoms with van der Waals surface area (Å²) in [7, 11) is 4.27. The molecule has 0 aliphatic heterocycles. The molecule has 20 heavy (non-hydrogen) atoms. The van der Waals surface area contributed by atoms with E-state index in [2.05, 4.69) is 57.2 Å². The fourth-order valence-corrected chi connectivity index (χ4v) is 2.56. The van der Waals surface area contributed by atoms with Crippen LogP contribution >= 0.6 is 11.6 Å². The van der Waals surface area contributed by atoms with Crippen LogP contribution in [-0.2, 0) is 0 Å². The Bertz CT molecular complexity index is 373. The molecule has 0 spiro atoms. The number of hydrogen-bond acceptors (Lipinski definition) is 2. The summed E-state index contributed by atoms with van der Waals surface area (Å²) < 4.78 is 0. The van der Waals surface area contributed by atoms with E-state index in [0.29, 0.717) is 18.0 Å². The normalized spacial score (nSPS) is 14.8. The van der Waals surface area contributed by atoms with Gasteiger partial charge in [0, 0.05) is 23.7 Å². The van der Waals surface area contributed by atoms with E-state index in [4.69, 9.17) is 11.6 Å². The van der Waals surface area contributed by atoms with Crippen LogP contribution < -0.4 is 5.32 Å². The maximum absolute atomic E-state index is 5.99. The Morgan fingerprint density at radius 3 is 2.20 bits per heavy atom. The van der Waals surface area contributed by atoms with E-state index < -0.39 is 0 Å². The Morgan fingerprint density at radius 1 is 1.15 bits per heavy atom. The molecule has 0 saturated heterocycles. The largest absolute Gasteiger partial charge is 0.308 e. The number of halogens is 1. The fraction of sp³-hybridized carbons (Fsp3) is 0.647. The first-order valence-corrected chi connectivity index (χ1v) is 7.98. The average Bonchev–Trinajstić information content (AvgIpc) is 2.37. The Hall–Kier alpha value is -0.570. The van der Waals surface area contributed by atoms with Gasteiger partial charge in [-0.3, -0.25) is 0 Å². The number of hydrogen-bond donors (Lipinski definition) is 1. The van der Waals surface area contributed by atoms with Crippen molar-refractivity contribution < 1.29 is 0 Å². The molecule has 0 aliphatic rings. The summed E-state index contributed by atoms with van der Waals surface area (Å²) >= 11 is 5.99. The second kappa shape index (κ2) is 8.66. The van der Waals surface area contributed by atoms with Crippen LogP contribution in [0.4, 0.5) is 0 Å². The van der Waals surface area contributed by atoms with Crippen molar-refractivity contribution in [1.29, 1.82) is 0 Å². The highest BCUT2D eigenvalue weighted by Crippen LogP contribution is 2.22. The quantitative estimate of drug-likeness (QED) is 0.767. The molecule has 1 aromatic rings. The molecule has 3 heteroatoms. The van der Waals surface area contributed by atoms with Crippen molar-refractivity contribution in [3.63, 3.8) is 0 Å². The molecule has 1 N–H and O–H groups in total. The smallest absolute Gasteiger partial charge is 0.0406 e. The molecule has 0 aliphatic carbocycles. The van der Waals surface area contributed by atoms with Gasteiger partial charge in [-0.1, -0.05) is 50.9 Å². The zero-order valence-electron chi connectivity index (χ0n) is 13.5. The Balaban J connectivity index is 2.81. The molecule has 2 unspecified atom stereocenters. The lowest BCUT2D eigenvalue weighted by atomic mass is 9.97. The lowest BCUT2D eigenvalue weighted by Crippen LogP contribution is -2.43. The third-order valence-corrected chi connectivity index (χ3v) is 3.88. The lowest BCUT2D eigenvalue weighted by molar-refractivity contribution is 0.264. The summed E-state index contributed by atoms with van der Waals surface area (Å²) in [6.07, 6.45) is 2.32. The van der Waals surface area contributed by atoms with Gasteiger partial charge in [-0.25, -0.2) is 0 Å². The molecule has 2 nitrogen and oxygen atoms in total. The average molecular weight is 297 g/mol. The zero-order valence-corrected chi connectivity index (χ0v) is 14.2. The SMILES string of the molecule is CCCC(NC(CN(C)C)C(C)C)c1ccc(Cl)cc1. The molecule has 1 rings (SSSR count). The number of likely N-dealkylation sites (N-methyl/N-ethyl adjacent to an activating group) is 1. The second-order valence-electron chi connectivity index (χ2n) is 6.17. The minimum Gasteiger partial charge on any atom is -0.308 e. The molecule has 0 bridgehead atoms. The fourth-order valence-electron chi connectivity index (χ4n) is 2.44. The topological polar surface area (TPSA) is 15.3 Å². The van der Waals surface area contributed by atoms with Crippen molar-refractivity contribution in [1.82, 2.24) is 10.2 Å². The molecular weight excluding hydrogens is 268 g/mol. The van der Waals surface area contributed by atoms with Crippen molar-refractivity contribution in [2.75, 3.05) is 20.6 Å². The van der Waals surface area contributed by atoms with Gasteiger partial charge in [-0.2, -0.15) is 0 Å². The molecule has 1 aromatic carbocycles. The Morgan fingerprint density at radius 2 is 1.75 bits per heavy atom. The summed E-state index contributed by atoms with van der Waals surface area (Å²) in [6, 6.07) is 9.16. The molecule has 114 valence electrons. The third-order valence-electron chi connectivity index (χ3n) is 3.63. The predicted octanol–water partition coefficient (Wildman–Crippen LogP) is 4.36. The van der Waals surface area contributed by atoms with Gasteiger partial charge >= 0.3 is 0 Å². The molecule has 0 aromatic heterocycles. The molecule has 0 fully saturated rings.